The third kappa shape index (κ3) is 7.82. The number of benzene rings is 2. The summed E-state index contributed by atoms with van der Waals surface area (Å²) in [5, 5.41) is 11.7. The molecule has 3 N–H and O–H groups in total. The van der Waals surface area contributed by atoms with Crippen molar-refractivity contribution in [3.05, 3.63) is 60.2 Å². The molecule has 30 heavy (non-hydrogen) atoms. The fourth-order valence-corrected chi connectivity index (χ4v) is 2.71. The summed E-state index contributed by atoms with van der Waals surface area (Å²) < 4.78 is 16.3. The van der Waals surface area contributed by atoms with Gasteiger partial charge in [-0.3, -0.25) is 14.8 Å². The normalized spacial score (nSPS) is 12.6. The van der Waals surface area contributed by atoms with Gasteiger partial charge in [-0.05, 0) is 49.7 Å². The highest BCUT2D eigenvalue weighted by molar-refractivity contribution is 5.94. The van der Waals surface area contributed by atoms with Crippen LogP contribution in [0, 0.1) is 5.92 Å². The van der Waals surface area contributed by atoms with Gasteiger partial charge in [0.15, 0.2) is 0 Å². The molecule has 2 amide bonds. The fraction of sp³-hybridized carbons (Fsp3) is 0.364. The molecular formula is C22H28N2O6. The highest BCUT2D eigenvalue weighted by Crippen LogP contribution is 2.21. The van der Waals surface area contributed by atoms with Crippen molar-refractivity contribution >= 4 is 11.8 Å². The average Bonchev–Trinajstić information content (AvgIpc) is 2.77. The Morgan fingerprint density at radius 2 is 1.67 bits per heavy atom. The van der Waals surface area contributed by atoms with Crippen LogP contribution in [0.5, 0.6) is 11.5 Å². The summed E-state index contributed by atoms with van der Waals surface area (Å²) >= 11 is 0. The molecule has 0 heterocycles. The molecule has 0 aromatic heterocycles. The van der Waals surface area contributed by atoms with Crippen molar-refractivity contribution in [2.24, 2.45) is 5.92 Å². The van der Waals surface area contributed by atoms with Gasteiger partial charge in [0.2, 0.25) is 5.91 Å². The van der Waals surface area contributed by atoms with Crippen LogP contribution in [-0.4, -0.2) is 43.1 Å². The Morgan fingerprint density at radius 3 is 2.30 bits per heavy atom. The van der Waals surface area contributed by atoms with E-state index in [1.807, 2.05) is 37.3 Å². The first kappa shape index (κ1) is 23.3. The molecule has 0 spiro atoms. The number of rotatable bonds is 12. The van der Waals surface area contributed by atoms with E-state index in [1.165, 1.54) is 0 Å². The zero-order valence-electron chi connectivity index (χ0n) is 17.2. The van der Waals surface area contributed by atoms with Gasteiger partial charge in [0.1, 0.15) is 18.3 Å². The molecule has 8 heteroatoms. The lowest BCUT2D eigenvalue weighted by atomic mass is 10.0. The third-order valence-corrected chi connectivity index (χ3v) is 4.32. The minimum Gasteiger partial charge on any atom is -0.457 e. The zero-order chi connectivity index (χ0) is 21.8. The first-order valence-electron chi connectivity index (χ1n) is 9.76. The zero-order valence-corrected chi connectivity index (χ0v) is 17.2. The van der Waals surface area contributed by atoms with Crippen molar-refractivity contribution in [2.75, 3.05) is 20.0 Å². The van der Waals surface area contributed by atoms with Crippen LogP contribution in [0.4, 0.5) is 0 Å². The number of hydrogen-bond donors (Lipinski definition) is 3. The smallest absolute Gasteiger partial charge is 0.251 e. The van der Waals surface area contributed by atoms with Gasteiger partial charge < -0.3 is 19.5 Å². The number of nitrogens with one attached hydrogen (secondary N) is 2. The highest BCUT2D eigenvalue weighted by atomic mass is 16.7. The maximum Gasteiger partial charge on any atom is 0.251 e. The fourth-order valence-electron chi connectivity index (χ4n) is 2.71. The predicted molar refractivity (Wildman–Crippen MR) is 110 cm³/mol. The quantitative estimate of drug-likeness (QED) is 0.212. The molecule has 0 fully saturated rings. The van der Waals surface area contributed by atoms with Gasteiger partial charge in [-0.1, -0.05) is 25.1 Å². The van der Waals surface area contributed by atoms with Crippen LogP contribution >= 0.6 is 0 Å². The monoisotopic (exact) mass is 416 g/mol. The maximum absolute atomic E-state index is 12.6. The maximum atomic E-state index is 12.6. The van der Waals surface area contributed by atoms with Crippen molar-refractivity contribution in [1.82, 2.24) is 10.8 Å². The molecule has 162 valence electrons. The van der Waals surface area contributed by atoms with Crippen LogP contribution in [0.1, 0.15) is 30.6 Å². The van der Waals surface area contributed by atoms with Gasteiger partial charge in [0.05, 0.1) is 12.6 Å². The van der Waals surface area contributed by atoms with E-state index in [9.17, 15) is 9.59 Å². The van der Waals surface area contributed by atoms with Crippen molar-refractivity contribution < 1.29 is 29.0 Å². The number of amides is 2. The van der Waals surface area contributed by atoms with Crippen molar-refractivity contribution in [2.45, 2.75) is 26.3 Å². The molecule has 0 saturated carbocycles. The van der Waals surface area contributed by atoms with Crippen LogP contribution < -0.4 is 15.5 Å². The summed E-state index contributed by atoms with van der Waals surface area (Å²) in [6, 6.07) is 15.7. The molecule has 0 radical (unpaired) electrons. The molecule has 2 aromatic carbocycles. The lowest BCUT2D eigenvalue weighted by Gasteiger charge is -2.21. The van der Waals surface area contributed by atoms with Gasteiger partial charge in [-0.2, -0.15) is 0 Å². The second-order valence-corrected chi connectivity index (χ2v) is 6.70. The second-order valence-electron chi connectivity index (χ2n) is 6.70. The Balaban J connectivity index is 1.97. The van der Waals surface area contributed by atoms with Crippen molar-refractivity contribution in [3.63, 3.8) is 0 Å². The summed E-state index contributed by atoms with van der Waals surface area (Å²) in [4.78, 5) is 24.3. The van der Waals surface area contributed by atoms with Gasteiger partial charge >= 0.3 is 0 Å². The largest absolute Gasteiger partial charge is 0.457 e. The van der Waals surface area contributed by atoms with Gasteiger partial charge in [0, 0.05) is 18.1 Å². The molecule has 8 nitrogen and oxygen atoms in total. The molecule has 0 bridgehead atoms. The molecular weight excluding hydrogens is 388 g/mol. The summed E-state index contributed by atoms with van der Waals surface area (Å²) in [6.45, 7) is 4.28. The third-order valence-electron chi connectivity index (χ3n) is 4.32. The number of hydrogen-bond acceptors (Lipinski definition) is 6. The number of hydroxylamine groups is 1. The SMILES string of the molecule is CCOCOCC(CC(C)C(=O)NO)NC(=O)c1ccc(Oc2ccccc2)cc1. The Morgan fingerprint density at radius 1 is 1.00 bits per heavy atom. The minimum atomic E-state index is -0.526. The van der Waals surface area contributed by atoms with Gasteiger partial charge in [0.25, 0.3) is 5.91 Å². The molecule has 0 aliphatic carbocycles. The van der Waals surface area contributed by atoms with E-state index in [4.69, 9.17) is 19.4 Å². The van der Waals surface area contributed by atoms with Gasteiger partial charge in [-0.15, -0.1) is 0 Å². The van der Waals surface area contributed by atoms with Gasteiger partial charge in [-0.25, -0.2) is 5.48 Å². The van der Waals surface area contributed by atoms with E-state index in [-0.39, 0.29) is 19.3 Å². The standard InChI is InChI=1S/C22H28N2O6/c1-3-28-15-29-14-18(13-16(2)21(25)24-27)23-22(26)17-9-11-20(12-10-17)30-19-7-5-4-6-8-19/h4-12,16,18,27H,3,13-15H2,1-2H3,(H,23,26)(H,24,25). The Bertz CT molecular complexity index is 782. The summed E-state index contributed by atoms with van der Waals surface area (Å²) in [5.41, 5.74) is 2.08. The molecule has 2 aromatic rings. The van der Waals surface area contributed by atoms with E-state index in [2.05, 4.69) is 5.32 Å². The first-order valence-corrected chi connectivity index (χ1v) is 9.76. The van der Waals surface area contributed by atoms with E-state index in [1.54, 1.807) is 36.7 Å². The summed E-state index contributed by atoms with van der Waals surface area (Å²) in [5.74, 6) is -0.0260. The van der Waals surface area contributed by atoms with Crippen LogP contribution in [0.15, 0.2) is 54.6 Å². The lowest BCUT2D eigenvalue weighted by Crippen LogP contribution is -2.41. The Hall–Kier alpha value is -2.94. The van der Waals surface area contributed by atoms with Crippen molar-refractivity contribution in [1.29, 1.82) is 0 Å². The van der Waals surface area contributed by atoms with Crippen LogP contribution in [0.2, 0.25) is 0 Å². The van der Waals surface area contributed by atoms with E-state index >= 15 is 0 Å². The molecule has 2 atom stereocenters. The molecule has 2 unspecified atom stereocenters. The average molecular weight is 416 g/mol. The van der Waals surface area contributed by atoms with Crippen molar-refractivity contribution in [3.8, 4) is 11.5 Å². The summed E-state index contributed by atoms with van der Waals surface area (Å²) in [6.07, 6.45) is 0.291. The molecule has 2 rings (SSSR count). The summed E-state index contributed by atoms with van der Waals surface area (Å²) in [7, 11) is 0. The Kier molecular flexibility index (Phi) is 9.79. The predicted octanol–water partition coefficient (Wildman–Crippen LogP) is 3.12. The molecule has 0 aliphatic heterocycles. The molecule has 0 saturated heterocycles. The Labute approximate surface area is 176 Å². The van der Waals surface area contributed by atoms with E-state index < -0.39 is 17.9 Å². The second kappa shape index (κ2) is 12.6. The highest BCUT2D eigenvalue weighted by Gasteiger charge is 2.21. The topological polar surface area (TPSA) is 106 Å². The number of carbonyl (C=O) groups excluding carboxylic acids is 2. The number of ether oxygens (including phenoxy) is 3. The lowest BCUT2D eigenvalue weighted by molar-refractivity contribution is -0.133. The molecule has 0 aliphatic rings. The number of para-hydroxylation sites is 1. The minimum absolute atomic E-state index is 0.0922. The number of carbonyl (C=O) groups is 2. The van der Waals surface area contributed by atoms with Crippen LogP contribution in [0.3, 0.4) is 0 Å². The first-order chi connectivity index (χ1) is 14.5. The van der Waals surface area contributed by atoms with Crippen LogP contribution in [-0.2, 0) is 14.3 Å². The van der Waals surface area contributed by atoms with E-state index in [0.29, 0.717) is 30.1 Å². The van der Waals surface area contributed by atoms with Crippen LogP contribution in [0.25, 0.3) is 0 Å². The van der Waals surface area contributed by atoms with E-state index in [0.717, 1.165) is 0 Å².